The summed E-state index contributed by atoms with van der Waals surface area (Å²) in [6, 6.07) is 6.50. The van der Waals surface area contributed by atoms with Gasteiger partial charge in [0.1, 0.15) is 5.82 Å². The van der Waals surface area contributed by atoms with Crippen molar-refractivity contribution in [1.29, 1.82) is 0 Å². The van der Waals surface area contributed by atoms with Gasteiger partial charge in [-0.1, -0.05) is 26.0 Å². The van der Waals surface area contributed by atoms with Crippen LogP contribution >= 0.6 is 0 Å². The van der Waals surface area contributed by atoms with Crippen molar-refractivity contribution in [2.45, 2.75) is 33.6 Å². The molecular formula is C14H24FN. The highest BCUT2D eigenvalue weighted by Gasteiger charge is 2.03. The van der Waals surface area contributed by atoms with E-state index in [0.717, 1.165) is 5.56 Å². The zero-order valence-electron chi connectivity index (χ0n) is 11.0. The van der Waals surface area contributed by atoms with Crippen LogP contribution in [0.15, 0.2) is 24.3 Å². The van der Waals surface area contributed by atoms with Gasteiger partial charge in [0.25, 0.3) is 0 Å². The maximum Gasteiger partial charge on any atom is 0.123 e. The van der Waals surface area contributed by atoms with Gasteiger partial charge in [0.05, 0.1) is 0 Å². The minimum absolute atomic E-state index is 0.162. The lowest BCUT2D eigenvalue weighted by Crippen LogP contribution is -2.10. The Bertz CT molecular complexity index is 250. The third-order valence-electron chi connectivity index (χ3n) is 2.31. The lowest BCUT2D eigenvalue weighted by Gasteiger charge is -2.01. The molecule has 0 saturated carbocycles. The fourth-order valence-electron chi connectivity index (χ4n) is 1.48. The molecule has 1 heterocycles. The standard InChI is InChI=1S/C7H7F.C5H11N.C2H6/c1-6-3-2-4-7(8)5-6;1-6-4-2-3-5-6;1-2/h2-5H,1H3;2-5H2,1H3;1-2H3. The molecule has 0 unspecified atom stereocenters. The van der Waals surface area contributed by atoms with Crippen molar-refractivity contribution in [3.63, 3.8) is 0 Å². The van der Waals surface area contributed by atoms with Gasteiger partial charge in [0.2, 0.25) is 0 Å². The van der Waals surface area contributed by atoms with Gasteiger partial charge in [-0.2, -0.15) is 0 Å². The minimum atomic E-state index is -0.162. The summed E-state index contributed by atoms with van der Waals surface area (Å²) in [5, 5.41) is 0. The normalized spacial score (nSPS) is 14.6. The van der Waals surface area contributed by atoms with Crippen LogP contribution in [0.4, 0.5) is 4.39 Å². The van der Waals surface area contributed by atoms with Crippen LogP contribution < -0.4 is 0 Å². The predicted molar refractivity (Wildman–Crippen MR) is 69.2 cm³/mol. The molecule has 1 fully saturated rings. The number of nitrogens with zero attached hydrogens (tertiary/aromatic N) is 1. The summed E-state index contributed by atoms with van der Waals surface area (Å²) in [7, 11) is 2.17. The number of halogens is 1. The van der Waals surface area contributed by atoms with Gasteiger partial charge in [-0.25, -0.2) is 4.39 Å². The Balaban J connectivity index is 0.000000251. The van der Waals surface area contributed by atoms with E-state index in [2.05, 4.69) is 11.9 Å². The van der Waals surface area contributed by atoms with Crippen LogP contribution in [-0.4, -0.2) is 25.0 Å². The van der Waals surface area contributed by atoms with Crippen LogP contribution in [0, 0.1) is 12.7 Å². The fraction of sp³-hybridized carbons (Fsp3) is 0.571. The molecule has 0 N–H and O–H groups in total. The second kappa shape index (κ2) is 9.34. The van der Waals surface area contributed by atoms with Crippen LogP contribution in [0.25, 0.3) is 0 Å². The summed E-state index contributed by atoms with van der Waals surface area (Å²) < 4.78 is 12.2. The lowest BCUT2D eigenvalue weighted by atomic mass is 10.2. The molecule has 0 spiro atoms. The van der Waals surface area contributed by atoms with Gasteiger partial charge in [-0.15, -0.1) is 0 Å². The van der Waals surface area contributed by atoms with E-state index < -0.39 is 0 Å². The minimum Gasteiger partial charge on any atom is -0.306 e. The van der Waals surface area contributed by atoms with Gasteiger partial charge in [-0.05, 0) is 57.6 Å². The Hall–Kier alpha value is -0.890. The summed E-state index contributed by atoms with van der Waals surface area (Å²) in [4.78, 5) is 2.36. The van der Waals surface area contributed by atoms with Gasteiger partial charge in [0, 0.05) is 0 Å². The first-order valence-electron chi connectivity index (χ1n) is 6.09. The molecule has 0 amide bonds. The number of likely N-dealkylation sites (tertiary alicyclic amines) is 1. The average Bonchev–Trinajstić information content (AvgIpc) is 2.73. The highest BCUT2D eigenvalue weighted by atomic mass is 19.1. The molecule has 92 valence electrons. The van der Waals surface area contributed by atoms with Crippen molar-refractivity contribution in [3.05, 3.63) is 35.6 Å². The van der Waals surface area contributed by atoms with Gasteiger partial charge in [0.15, 0.2) is 0 Å². The second-order valence-corrected chi connectivity index (χ2v) is 3.81. The van der Waals surface area contributed by atoms with E-state index in [1.54, 1.807) is 6.07 Å². The quantitative estimate of drug-likeness (QED) is 0.648. The van der Waals surface area contributed by atoms with Crippen LogP contribution in [-0.2, 0) is 0 Å². The summed E-state index contributed by atoms with van der Waals surface area (Å²) in [5.41, 5.74) is 0.963. The van der Waals surface area contributed by atoms with Crippen molar-refractivity contribution < 1.29 is 4.39 Å². The highest BCUT2D eigenvalue weighted by molar-refractivity contribution is 5.13. The molecule has 0 aliphatic carbocycles. The molecule has 0 atom stereocenters. The van der Waals surface area contributed by atoms with E-state index in [-0.39, 0.29) is 5.82 Å². The van der Waals surface area contributed by atoms with E-state index in [1.807, 2.05) is 26.8 Å². The summed E-state index contributed by atoms with van der Waals surface area (Å²) >= 11 is 0. The Labute approximate surface area is 99.3 Å². The van der Waals surface area contributed by atoms with Crippen molar-refractivity contribution in [2.24, 2.45) is 0 Å². The van der Waals surface area contributed by atoms with Crippen LogP contribution in [0.2, 0.25) is 0 Å². The summed E-state index contributed by atoms with van der Waals surface area (Å²) in [6.45, 7) is 8.50. The fourth-order valence-corrected chi connectivity index (χ4v) is 1.48. The topological polar surface area (TPSA) is 3.24 Å². The third kappa shape index (κ3) is 7.41. The number of aryl methyl sites for hydroxylation is 1. The molecule has 1 aromatic rings. The molecular weight excluding hydrogens is 201 g/mol. The Kier molecular flexibility index (Phi) is 8.82. The monoisotopic (exact) mass is 225 g/mol. The third-order valence-corrected chi connectivity index (χ3v) is 2.31. The van der Waals surface area contributed by atoms with Crippen LogP contribution in [0.1, 0.15) is 32.3 Å². The van der Waals surface area contributed by atoms with Crippen LogP contribution in [0.5, 0.6) is 0 Å². The predicted octanol–water partition coefficient (Wildman–Crippen LogP) is 3.87. The first-order valence-corrected chi connectivity index (χ1v) is 6.09. The molecule has 1 aliphatic heterocycles. The van der Waals surface area contributed by atoms with E-state index >= 15 is 0 Å². The van der Waals surface area contributed by atoms with E-state index in [0.29, 0.717) is 0 Å². The molecule has 1 aromatic carbocycles. The molecule has 0 radical (unpaired) electrons. The summed E-state index contributed by atoms with van der Waals surface area (Å²) in [6.07, 6.45) is 2.83. The van der Waals surface area contributed by atoms with Crippen molar-refractivity contribution in [2.75, 3.05) is 20.1 Å². The van der Waals surface area contributed by atoms with E-state index in [1.165, 1.54) is 38.1 Å². The molecule has 2 heteroatoms. The number of hydrogen-bond donors (Lipinski definition) is 0. The number of benzene rings is 1. The first kappa shape index (κ1) is 15.1. The van der Waals surface area contributed by atoms with Crippen molar-refractivity contribution in [1.82, 2.24) is 4.90 Å². The largest absolute Gasteiger partial charge is 0.306 e. The lowest BCUT2D eigenvalue weighted by molar-refractivity contribution is 0.418. The van der Waals surface area contributed by atoms with Crippen LogP contribution in [0.3, 0.4) is 0 Å². The molecule has 1 saturated heterocycles. The number of hydrogen-bond acceptors (Lipinski definition) is 1. The average molecular weight is 225 g/mol. The van der Waals surface area contributed by atoms with Crippen molar-refractivity contribution in [3.8, 4) is 0 Å². The molecule has 0 bridgehead atoms. The van der Waals surface area contributed by atoms with E-state index in [9.17, 15) is 4.39 Å². The van der Waals surface area contributed by atoms with Gasteiger partial charge < -0.3 is 4.90 Å². The second-order valence-electron chi connectivity index (χ2n) is 3.81. The number of rotatable bonds is 0. The highest BCUT2D eigenvalue weighted by Crippen LogP contribution is 2.02. The van der Waals surface area contributed by atoms with Crippen molar-refractivity contribution >= 4 is 0 Å². The Morgan fingerprint density at radius 1 is 1.12 bits per heavy atom. The maximum atomic E-state index is 12.2. The van der Waals surface area contributed by atoms with E-state index in [4.69, 9.17) is 0 Å². The zero-order chi connectivity index (χ0) is 12.4. The Morgan fingerprint density at radius 3 is 1.94 bits per heavy atom. The Morgan fingerprint density at radius 2 is 1.69 bits per heavy atom. The molecule has 2 rings (SSSR count). The molecule has 1 aliphatic rings. The molecule has 16 heavy (non-hydrogen) atoms. The van der Waals surface area contributed by atoms with Gasteiger partial charge >= 0.3 is 0 Å². The summed E-state index contributed by atoms with van der Waals surface area (Å²) in [5.74, 6) is -0.162. The SMILES string of the molecule is CC.CN1CCCC1.Cc1cccc(F)c1. The van der Waals surface area contributed by atoms with Gasteiger partial charge in [-0.3, -0.25) is 0 Å². The molecule has 0 aromatic heterocycles. The zero-order valence-corrected chi connectivity index (χ0v) is 11.0. The molecule has 1 nitrogen and oxygen atoms in total. The first-order chi connectivity index (χ1) is 7.68. The maximum absolute atomic E-state index is 12.2. The smallest absolute Gasteiger partial charge is 0.123 e.